The molecule has 10 heteroatoms. The lowest BCUT2D eigenvalue weighted by Gasteiger charge is -2.26. The number of imidazole rings is 1. The number of nitrogens with zero attached hydrogens (tertiary/aromatic N) is 3. The van der Waals surface area contributed by atoms with E-state index >= 15 is 0 Å². The Morgan fingerprint density at radius 3 is 2.61 bits per heavy atom. The molecule has 1 amide bonds. The van der Waals surface area contributed by atoms with Crippen molar-refractivity contribution in [3.05, 3.63) is 52.8 Å². The smallest absolute Gasteiger partial charge is 0.244 e. The van der Waals surface area contributed by atoms with E-state index in [0.717, 1.165) is 22.2 Å². The molecule has 1 aliphatic heterocycles. The molecule has 0 spiro atoms. The lowest BCUT2D eigenvalue weighted by atomic mass is 10.1. The number of anilines is 1. The van der Waals surface area contributed by atoms with Gasteiger partial charge in [-0.1, -0.05) is 11.6 Å². The van der Waals surface area contributed by atoms with Gasteiger partial charge in [0.2, 0.25) is 15.9 Å². The molecule has 1 aromatic heterocycles. The Morgan fingerprint density at radius 2 is 1.87 bits per heavy atom. The number of carbonyl (C=O) groups excluding carboxylic acids is 1. The number of aryl methyl sites for hydroxylation is 2. The average molecular weight is 463 g/mol. The molecule has 1 saturated heterocycles. The molecule has 1 fully saturated rings. The second-order valence-corrected chi connectivity index (χ2v) is 9.85. The standard InChI is InChI=1S/C21H23ClN4O4S/c1-14-9-19-20(10-15(14)2)25(13-23-19)12-21(27)24-18-11-16(3-4-17(18)22)31(28,29)26-5-7-30-8-6-26/h3-4,9-11,13H,5-8,12H2,1-2H3,(H,24,27). The van der Waals surface area contributed by atoms with Crippen molar-refractivity contribution >= 4 is 44.3 Å². The number of sulfonamides is 1. The van der Waals surface area contributed by atoms with Gasteiger partial charge in [0.25, 0.3) is 0 Å². The minimum atomic E-state index is -3.70. The summed E-state index contributed by atoms with van der Waals surface area (Å²) in [6.07, 6.45) is 1.62. The van der Waals surface area contributed by atoms with Gasteiger partial charge < -0.3 is 14.6 Å². The minimum Gasteiger partial charge on any atom is -0.379 e. The molecule has 31 heavy (non-hydrogen) atoms. The molecule has 0 aliphatic carbocycles. The highest BCUT2D eigenvalue weighted by Gasteiger charge is 2.27. The topological polar surface area (TPSA) is 93.5 Å². The van der Waals surface area contributed by atoms with Gasteiger partial charge in [-0.05, 0) is 55.3 Å². The van der Waals surface area contributed by atoms with Crippen LogP contribution in [0.15, 0.2) is 41.6 Å². The largest absolute Gasteiger partial charge is 0.379 e. The molecule has 0 saturated carbocycles. The van der Waals surface area contributed by atoms with Gasteiger partial charge >= 0.3 is 0 Å². The van der Waals surface area contributed by atoms with Crippen LogP contribution in [-0.4, -0.2) is 54.5 Å². The Balaban J connectivity index is 1.55. The molecule has 2 aromatic carbocycles. The number of nitrogens with one attached hydrogen (secondary N) is 1. The molecule has 3 aromatic rings. The fraction of sp³-hybridized carbons (Fsp3) is 0.333. The van der Waals surface area contributed by atoms with Crippen molar-refractivity contribution in [1.29, 1.82) is 0 Å². The third-order valence-corrected chi connectivity index (χ3v) is 7.59. The molecule has 164 valence electrons. The third kappa shape index (κ3) is 4.45. The first-order valence-corrected chi connectivity index (χ1v) is 11.7. The molecular formula is C21H23ClN4O4S. The number of hydrogen-bond donors (Lipinski definition) is 1. The second-order valence-electron chi connectivity index (χ2n) is 7.50. The van der Waals surface area contributed by atoms with Gasteiger partial charge in [0.05, 0.1) is 46.2 Å². The molecule has 8 nitrogen and oxygen atoms in total. The fourth-order valence-corrected chi connectivity index (χ4v) is 5.08. The van der Waals surface area contributed by atoms with Crippen LogP contribution in [0.4, 0.5) is 5.69 Å². The van der Waals surface area contributed by atoms with Crippen molar-refractivity contribution in [2.24, 2.45) is 0 Å². The van der Waals surface area contributed by atoms with Crippen LogP contribution < -0.4 is 5.32 Å². The Hall–Kier alpha value is -2.46. The van der Waals surface area contributed by atoms with Gasteiger partial charge in [-0.3, -0.25) is 4.79 Å². The van der Waals surface area contributed by atoms with Crippen molar-refractivity contribution < 1.29 is 17.9 Å². The van der Waals surface area contributed by atoms with E-state index in [0.29, 0.717) is 26.3 Å². The summed E-state index contributed by atoms with van der Waals surface area (Å²) in [6, 6.07) is 8.29. The summed E-state index contributed by atoms with van der Waals surface area (Å²) in [6.45, 7) is 5.34. The number of hydrogen-bond acceptors (Lipinski definition) is 5. The second kappa shape index (κ2) is 8.58. The van der Waals surface area contributed by atoms with Gasteiger partial charge in [-0.15, -0.1) is 0 Å². The molecule has 1 aliphatic rings. The molecule has 0 radical (unpaired) electrons. The number of rotatable bonds is 5. The number of benzene rings is 2. The molecule has 4 rings (SSSR count). The van der Waals surface area contributed by atoms with Crippen LogP contribution in [0.25, 0.3) is 11.0 Å². The minimum absolute atomic E-state index is 0.0236. The van der Waals surface area contributed by atoms with Crippen molar-refractivity contribution in [1.82, 2.24) is 13.9 Å². The summed E-state index contributed by atoms with van der Waals surface area (Å²) < 4.78 is 34.1. The van der Waals surface area contributed by atoms with Gasteiger partial charge in [-0.2, -0.15) is 4.31 Å². The number of ether oxygens (including phenoxy) is 1. The summed E-state index contributed by atoms with van der Waals surface area (Å²) in [5.41, 5.74) is 4.16. The summed E-state index contributed by atoms with van der Waals surface area (Å²) in [5, 5.41) is 2.99. The first-order chi connectivity index (χ1) is 14.8. The monoisotopic (exact) mass is 462 g/mol. The van der Waals surface area contributed by atoms with E-state index < -0.39 is 10.0 Å². The molecular weight excluding hydrogens is 440 g/mol. The zero-order valence-corrected chi connectivity index (χ0v) is 18.8. The van der Waals surface area contributed by atoms with E-state index in [1.807, 2.05) is 26.0 Å². The van der Waals surface area contributed by atoms with Crippen LogP contribution in [-0.2, 0) is 26.1 Å². The summed E-state index contributed by atoms with van der Waals surface area (Å²) >= 11 is 6.23. The quantitative estimate of drug-likeness (QED) is 0.629. The number of carbonyl (C=O) groups is 1. The lowest BCUT2D eigenvalue weighted by Crippen LogP contribution is -2.40. The van der Waals surface area contributed by atoms with Crippen molar-refractivity contribution in [3.63, 3.8) is 0 Å². The van der Waals surface area contributed by atoms with E-state index in [4.69, 9.17) is 16.3 Å². The zero-order valence-electron chi connectivity index (χ0n) is 17.3. The molecule has 1 N–H and O–H groups in total. The predicted octanol–water partition coefficient (Wildman–Crippen LogP) is 2.97. The SMILES string of the molecule is Cc1cc2ncn(CC(=O)Nc3cc(S(=O)(=O)N4CCOCC4)ccc3Cl)c2cc1C. The average Bonchev–Trinajstić information content (AvgIpc) is 3.11. The Morgan fingerprint density at radius 1 is 1.16 bits per heavy atom. The van der Waals surface area contributed by atoms with E-state index in [1.54, 1.807) is 10.9 Å². The fourth-order valence-electron chi connectivity index (χ4n) is 3.48. The van der Waals surface area contributed by atoms with E-state index in [9.17, 15) is 13.2 Å². The zero-order chi connectivity index (χ0) is 22.2. The number of fused-ring (bicyclic) bond motifs is 1. The van der Waals surface area contributed by atoms with Crippen LogP contribution in [0.3, 0.4) is 0 Å². The highest BCUT2D eigenvalue weighted by Crippen LogP contribution is 2.27. The highest BCUT2D eigenvalue weighted by atomic mass is 35.5. The van der Waals surface area contributed by atoms with Crippen LogP contribution in [0.2, 0.25) is 5.02 Å². The molecule has 0 bridgehead atoms. The Kier molecular flexibility index (Phi) is 6.02. The molecule has 0 atom stereocenters. The van der Waals surface area contributed by atoms with Gasteiger partial charge in [0.1, 0.15) is 6.54 Å². The first-order valence-electron chi connectivity index (χ1n) is 9.85. The van der Waals surface area contributed by atoms with Crippen LogP contribution >= 0.6 is 11.6 Å². The van der Waals surface area contributed by atoms with Crippen molar-refractivity contribution in [3.8, 4) is 0 Å². The maximum absolute atomic E-state index is 12.9. The number of aromatic nitrogens is 2. The molecule has 0 unspecified atom stereocenters. The van der Waals surface area contributed by atoms with Gasteiger partial charge in [0, 0.05) is 13.1 Å². The van der Waals surface area contributed by atoms with E-state index in [-0.39, 0.29) is 28.1 Å². The Bertz CT molecular complexity index is 1250. The third-order valence-electron chi connectivity index (χ3n) is 5.37. The maximum Gasteiger partial charge on any atom is 0.244 e. The van der Waals surface area contributed by atoms with Crippen molar-refractivity contribution in [2.45, 2.75) is 25.3 Å². The summed E-state index contributed by atoms with van der Waals surface area (Å²) in [5.74, 6) is -0.333. The van der Waals surface area contributed by atoms with Crippen LogP contribution in [0.1, 0.15) is 11.1 Å². The van der Waals surface area contributed by atoms with E-state index in [1.165, 1.54) is 22.5 Å². The van der Waals surface area contributed by atoms with Crippen LogP contribution in [0.5, 0.6) is 0 Å². The molecule has 2 heterocycles. The summed E-state index contributed by atoms with van der Waals surface area (Å²) in [7, 11) is -3.70. The number of morpholine rings is 1. The Labute approximate surface area is 185 Å². The maximum atomic E-state index is 12.9. The lowest BCUT2D eigenvalue weighted by molar-refractivity contribution is -0.116. The van der Waals surface area contributed by atoms with Crippen LogP contribution in [0, 0.1) is 13.8 Å². The predicted molar refractivity (Wildman–Crippen MR) is 119 cm³/mol. The highest BCUT2D eigenvalue weighted by molar-refractivity contribution is 7.89. The normalized spacial score (nSPS) is 15.3. The van der Waals surface area contributed by atoms with E-state index in [2.05, 4.69) is 10.3 Å². The van der Waals surface area contributed by atoms with Gasteiger partial charge in [0.15, 0.2) is 0 Å². The number of halogens is 1. The van der Waals surface area contributed by atoms with Gasteiger partial charge in [-0.25, -0.2) is 13.4 Å². The summed E-state index contributed by atoms with van der Waals surface area (Å²) in [4.78, 5) is 17.1. The van der Waals surface area contributed by atoms with Crippen molar-refractivity contribution in [2.75, 3.05) is 31.6 Å². The first kappa shape index (κ1) is 21.8. The number of amides is 1.